The molecule has 0 aromatic rings. The van der Waals surface area contributed by atoms with Gasteiger partial charge in [0.2, 0.25) is 0 Å². The molecule has 2 bridgehead atoms. The summed E-state index contributed by atoms with van der Waals surface area (Å²) < 4.78 is -1.64. The number of hydrogen-bond donors (Lipinski definition) is 0. The molecule has 3 aliphatic carbocycles. The Labute approximate surface area is 154 Å². The molecule has 0 N–H and O–H groups in total. The summed E-state index contributed by atoms with van der Waals surface area (Å²) in [6.45, 7) is 0. The average Bonchev–Trinajstić information content (AvgIpc) is 2.69. The minimum Gasteiger partial charge on any atom is -0.116 e. The van der Waals surface area contributed by atoms with Gasteiger partial charge in [0, 0.05) is 16.9 Å². The molecule has 0 aliphatic heterocycles. The summed E-state index contributed by atoms with van der Waals surface area (Å²) in [5.74, 6) is -1.10. The molecule has 5 atom stereocenters. The molecule has 19 heavy (non-hydrogen) atoms. The minimum atomic E-state index is -1.64. The lowest BCUT2D eigenvalue weighted by Crippen LogP contribution is -2.46. The van der Waals surface area contributed by atoms with Crippen LogP contribution in [0.3, 0.4) is 0 Å². The van der Waals surface area contributed by atoms with Crippen molar-refractivity contribution in [2.75, 3.05) is 0 Å². The zero-order valence-electron chi connectivity index (χ0n) is 8.63. The van der Waals surface area contributed by atoms with Gasteiger partial charge in [-0.1, -0.05) is 69.6 Å². The zero-order valence-corrected chi connectivity index (χ0v) is 15.4. The molecule has 0 nitrogen and oxygen atoms in total. The van der Waals surface area contributed by atoms with E-state index < -0.39 is 31.3 Å². The zero-order chi connectivity index (χ0) is 14.5. The third-order valence-corrected chi connectivity index (χ3v) is 9.90. The molecule has 1 fully saturated rings. The third kappa shape index (κ3) is 1.42. The van der Waals surface area contributed by atoms with Crippen LogP contribution in [0, 0.1) is 11.8 Å². The van der Waals surface area contributed by atoms with E-state index in [9.17, 15) is 0 Å². The lowest BCUT2D eigenvalue weighted by atomic mass is 9.84. The van der Waals surface area contributed by atoms with Crippen LogP contribution < -0.4 is 0 Å². The first kappa shape index (κ1) is 16.0. The second-order valence-corrected chi connectivity index (χ2v) is 9.29. The van der Waals surface area contributed by atoms with Crippen LogP contribution in [-0.4, -0.2) is 19.5 Å². The second-order valence-electron chi connectivity index (χ2n) is 4.73. The molecule has 3 aliphatic rings. The summed E-state index contributed by atoms with van der Waals surface area (Å²) in [6.07, 6.45) is 0. The first-order chi connectivity index (χ1) is 8.54. The Hall–Kier alpha value is 2.09. The fourth-order valence-corrected chi connectivity index (χ4v) is 7.48. The number of rotatable bonds is 0. The normalized spacial score (nSPS) is 51.3. The van der Waals surface area contributed by atoms with Gasteiger partial charge in [-0.2, -0.15) is 0 Å². The Morgan fingerprint density at radius 1 is 0.737 bits per heavy atom. The maximum atomic E-state index is 6.60. The Kier molecular flexibility index (Phi) is 3.64. The summed E-state index contributed by atoms with van der Waals surface area (Å²) in [6, 6.07) is 0. The number of alkyl halides is 5. The van der Waals surface area contributed by atoms with E-state index in [0.717, 1.165) is 0 Å². The summed E-state index contributed by atoms with van der Waals surface area (Å²) in [7, 11) is 0. The highest BCUT2D eigenvalue weighted by Crippen LogP contribution is 2.80. The van der Waals surface area contributed by atoms with E-state index >= 15 is 0 Å². The van der Waals surface area contributed by atoms with Crippen LogP contribution in [0.5, 0.6) is 0 Å². The van der Waals surface area contributed by atoms with E-state index in [2.05, 4.69) is 0 Å². The van der Waals surface area contributed by atoms with Gasteiger partial charge >= 0.3 is 0 Å². The van der Waals surface area contributed by atoms with Crippen LogP contribution in [0.25, 0.3) is 0 Å². The predicted molar refractivity (Wildman–Crippen MR) is 85.7 cm³/mol. The third-order valence-electron chi connectivity index (χ3n) is 4.05. The highest BCUT2D eigenvalue weighted by Gasteiger charge is 2.85. The molecule has 3 rings (SSSR count). The number of hydrogen-bond acceptors (Lipinski definition) is 0. The summed E-state index contributed by atoms with van der Waals surface area (Å²) in [5.41, 5.74) is 0. The van der Waals surface area contributed by atoms with E-state index in [1.807, 2.05) is 0 Å². The molecule has 9 heteroatoms. The van der Waals surface area contributed by atoms with Crippen molar-refractivity contribution in [3.8, 4) is 0 Å². The lowest BCUT2D eigenvalue weighted by molar-refractivity contribution is 0.415. The molecule has 0 spiro atoms. The van der Waals surface area contributed by atoms with Gasteiger partial charge in [0.15, 0.2) is 4.33 Å². The van der Waals surface area contributed by atoms with Crippen LogP contribution in [0.4, 0.5) is 0 Å². The summed E-state index contributed by atoms with van der Waals surface area (Å²) in [4.78, 5) is -2.87. The molecule has 0 amide bonds. The second kappa shape index (κ2) is 4.34. The van der Waals surface area contributed by atoms with Crippen molar-refractivity contribution in [1.82, 2.24) is 0 Å². The molecule has 5 unspecified atom stereocenters. The first-order valence-electron chi connectivity index (χ1n) is 5.05. The Morgan fingerprint density at radius 2 is 1.21 bits per heavy atom. The number of fused-ring (bicyclic) bond motifs is 5. The number of allylic oxidation sites excluding steroid dienone is 4. The van der Waals surface area contributed by atoms with Crippen molar-refractivity contribution >= 4 is 104 Å². The van der Waals surface area contributed by atoms with E-state index in [1.165, 1.54) is 0 Å². The molecular weight excluding hydrogens is 439 g/mol. The lowest BCUT2D eigenvalue weighted by Gasteiger charge is -2.34. The van der Waals surface area contributed by atoms with Crippen molar-refractivity contribution in [2.45, 2.75) is 19.5 Å². The van der Waals surface area contributed by atoms with Crippen LogP contribution >= 0.6 is 104 Å². The van der Waals surface area contributed by atoms with Crippen molar-refractivity contribution in [3.05, 3.63) is 20.1 Å². The largest absolute Gasteiger partial charge is 0.167 e. The molecule has 0 saturated heterocycles. The smallest absolute Gasteiger partial charge is 0.116 e. The quantitative estimate of drug-likeness (QED) is 0.383. The first-order valence-corrected chi connectivity index (χ1v) is 8.51. The molecule has 1 saturated carbocycles. The fourth-order valence-electron chi connectivity index (χ4n) is 3.17. The van der Waals surface area contributed by atoms with Crippen molar-refractivity contribution < 1.29 is 0 Å². The molecule has 106 valence electrons. The van der Waals surface area contributed by atoms with Crippen molar-refractivity contribution in [3.63, 3.8) is 0 Å². The SMILES string of the molecule is ClC1=C(Cl)C2C(C1Cl)C1(Cl)C(Cl)=C(Cl)C2(Cl)C1(Cl)Cl. The van der Waals surface area contributed by atoms with Gasteiger partial charge in [-0.25, -0.2) is 0 Å². The Bertz CT molecular complexity index is 549. The number of halogens is 9. The van der Waals surface area contributed by atoms with Gasteiger partial charge in [-0.15, -0.1) is 34.8 Å². The maximum Gasteiger partial charge on any atom is 0.167 e. The van der Waals surface area contributed by atoms with Gasteiger partial charge in [-0.05, 0) is 0 Å². The van der Waals surface area contributed by atoms with Crippen LogP contribution in [0.1, 0.15) is 0 Å². The highest BCUT2D eigenvalue weighted by atomic mass is 35.5. The molecule has 0 aromatic carbocycles. The average molecular weight is 442 g/mol. The van der Waals surface area contributed by atoms with Crippen molar-refractivity contribution in [2.24, 2.45) is 11.8 Å². The van der Waals surface area contributed by atoms with Crippen LogP contribution in [-0.2, 0) is 0 Å². The molecular formula is C10H3Cl9. The van der Waals surface area contributed by atoms with E-state index in [0.29, 0.717) is 0 Å². The van der Waals surface area contributed by atoms with Crippen molar-refractivity contribution in [1.29, 1.82) is 0 Å². The topological polar surface area (TPSA) is 0 Å². The predicted octanol–water partition coefficient (Wildman–Crippen LogP) is 6.37. The molecule has 0 aromatic heterocycles. The van der Waals surface area contributed by atoms with E-state index in [1.54, 1.807) is 0 Å². The van der Waals surface area contributed by atoms with Crippen LogP contribution in [0.2, 0.25) is 0 Å². The molecule has 0 heterocycles. The fraction of sp³-hybridized carbons (Fsp3) is 0.600. The van der Waals surface area contributed by atoms with Gasteiger partial charge in [0.1, 0.15) is 9.75 Å². The standard InChI is InChI=1S/C10H3Cl9/c11-3-1-2(4(12)5(3)13)9(17)7(15)6(14)8(1,16)10(9,18)19/h1-3H. The van der Waals surface area contributed by atoms with Gasteiger partial charge < -0.3 is 0 Å². The monoisotopic (exact) mass is 438 g/mol. The van der Waals surface area contributed by atoms with Gasteiger partial charge in [0.05, 0.1) is 20.5 Å². The summed E-state index contributed by atoms with van der Waals surface area (Å²) in [5, 5.41) is 0.0574. The Morgan fingerprint density at radius 3 is 1.74 bits per heavy atom. The summed E-state index contributed by atoms with van der Waals surface area (Å²) >= 11 is 57.0. The van der Waals surface area contributed by atoms with Gasteiger partial charge in [0.25, 0.3) is 0 Å². The van der Waals surface area contributed by atoms with Gasteiger partial charge in [-0.3, -0.25) is 0 Å². The maximum absolute atomic E-state index is 6.60. The van der Waals surface area contributed by atoms with E-state index in [-0.39, 0.29) is 20.1 Å². The van der Waals surface area contributed by atoms with Crippen LogP contribution in [0.15, 0.2) is 20.1 Å². The minimum absolute atomic E-state index is 0.0884. The Balaban J connectivity index is 2.34. The highest BCUT2D eigenvalue weighted by molar-refractivity contribution is 6.66. The van der Waals surface area contributed by atoms with E-state index in [4.69, 9.17) is 104 Å². The molecule has 0 radical (unpaired) electrons.